The van der Waals surface area contributed by atoms with Crippen molar-refractivity contribution < 1.29 is 9.59 Å². The fourth-order valence-electron chi connectivity index (χ4n) is 2.49. The number of benzene rings is 2. The molecular formula is C20H20N4O2S. The van der Waals surface area contributed by atoms with Crippen LogP contribution in [0.5, 0.6) is 0 Å². The second kappa shape index (κ2) is 8.01. The summed E-state index contributed by atoms with van der Waals surface area (Å²) in [4.78, 5) is 30.0. The summed E-state index contributed by atoms with van der Waals surface area (Å²) in [6, 6.07) is 14.8. The first kappa shape index (κ1) is 18.6. The maximum Gasteiger partial charge on any atom is 0.257 e. The lowest BCUT2D eigenvalue weighted by Gasteiger charge is -2.13. The summed E-state index contributed by atoms with van der Waals surface area (Å²) in [5, 5.41) is 8.00. The molecule has 3 rings (SSSR count). The molecule has 0 bridgehead atoms. The van der Waals surface area contributed by atoms with Crippen molar-refractivity contribution in [3.8, 4) is 11.3 Å². The van der Waals surface area contributed by atoms with Gasteiger partial charge in [0.25, 0.3) is 5.91 Å². The lowest BCUT2D eigenvalue weighted by molar-refractivity contribution is -0.114. The number of nitrogens with zero attached hydrogens (tertiary/aromatic N) is 2. The van der Waals surface area contributed by atoms with E-state index in [0.717, 1.165) is 22.6 Å². The number of carbonyl (C=O) groups is 2. The Kier molecular flexibility index (Phi) is 5.52. The van der Waals surface area contributed by atoms with Crippen molar-refractivity contribution in [2.24, 2.45) is 0 Å². The summed E-state index contributed by atoms with van der Waals surface area (Å²) in [7, 11) is 3.86. The highest BCUT2D eigenvalue weighted by Gasteiger charge is 2.11. The van der Waals surface area contributed by atoms with Gasteiger partial charge in [-0.1, -0.05) is 18.2 Å². The average molecular weight is 380 g/mol. The normalized spacial score (nSPS) is 10.3. The standard InChI is InChI=1S/C20H20N4O2S/c1-13(25)21-16-9-7-14(8-10-16)18-12-27-20(22-18)23-19(26)15-5-4-6-17(11-15)24(2)3/h4-12H,1-3H3,(H,21,25)(H,22,23,26). The molecular weight excluding hydrogens is 360 g/mol. The highest BCUT2D eigenvalue weighted by Crippen LogP contribution is 2.26. The van der Waals surface area contributed by atoms with Gasteiger partial charge in [-0.05, 0) is 30.3 Å². The molecule has 138 valence electrons. The Hall–Kier alpha value is -3.19. The quantitative estimate of drug-likeness (QED) is 0.699. The lowest BCUT2D eigenvalue weighted by Crippen LogP contribution is -2.14. The molecule has 3 aromatic rings. The van der Waals surface area contributed by atoms with Gasteiger partial charge in [-0.3, -0.25) is 14.9 Å². The summed E-state index contributed by atoms with van der Waals surface area (Å²) >= 11 is 1.37. The van der Waals surface area contributed by atoms with Gasteiger partial charge in [0.05, 0.1) is 5.69 Å². The number of rotatable bonds is 5. The molecule has 0 aliphatic carbocycles. The highest BCUT2D eigenvalue weighted by atomic mass is 32.1. The van der Waals surface area contributed by atoms with Crippen LogP contribution in [0, 0.1) is 0 Å². The number of amides is 2. The van der Waals surface area contributed by atoms with E-state index < -0.39 is 0 Å². The fraction of sp³-hybridized carbons (Fsp3) is 0.150. The van der Waals surface area contributed by atoms with Crippen LogP contribution < -0.4 is 15.5 Å². The number of carbonyl (C=O) groups excluding carboxylic acids is 2. The Morgan fingerprint density at radius 1 is 1.04 bits per heavy atom. The Bertz CT molecular complexity index is 964. The molecule has 2 N–H and O–H groups in total. The minimum atomic E-state index is -0.194. The molecule has 1 heterocycles. The summed E-state index contributed by atoms with van der Waals surface area (Å²) in [6.07, 6.45) is 0. The first-order chi connectivity index (χ1) is 12.9. The third kappa shape index (κ3) is 4.71. The van der Waals surface area contributed by atoms with Crippen molar-refractivity contribution in [2.45, 2.75) is 6.92 Å². The van der Waals surface area contributed by atoms with Crippen LogP contribution in [-0.2, 0) is 4.79 Å². The molecule has 0 atom stereocenters. The SMILES string of the molecule is CC(=O)Nc1ccc(-c2csc(NC(=O)c3cccc(N(C)C)c3)n2)cc1. The van der Waals surface area contributed by atoms with Gasteiger partial charge in [0.1, 0.15) is 0 Å². The average Bonchev–Trinajstić information content (AvgIpc) is 3.10. The molecule has 1 aromatic heterocycles. The largest absolute Gasteiger partial charge is 0.378 e. The monoisotopic (exact) mass is 380 g/mol. The first-order valence-electron chi connectivity index (χ1n) is 8.34. The number of hydrogen-bond acceptors (Lipinski definition) is 5. The van der Waals surface area contributed by atoms with E-state index in [1.807, 2.05) is 66.8 Å². The van der Waals surface area contributed by atoms with E-state index in [9.17, 15) is 9.59 Å². The summed E-state index contributed by atoms with van der Waals surface area (Å²) < 4.78 is 0. The predicted octanol–water partition coefficient (Wildman–Crippen LogP) is 4.09. The lowest BCUT2D eigenvalue weighted by atomic mass is 10.1. The first-order valence-corrected chi connectivity index (χ1v) is 9.22. The zero-order chi connectivity index (χ0) is 19.4. The van der Waals surface area contributed by atoms with Crippen LogP contribution in [0.1, 0.15) is 17.3 Å². The number of anilines is 3. The number of hydrogen-bond donors (Lipinski definition) is 2. The third-order valence-corrected chi connectivity index (χ3v) is 4.61. The number of aromatic nitrogens is 1. The smallest absolute Gasteiger partial charge is 0.257 e. The van der Waals surface area contributed by atoms with E-state index in [1.54, 1.807) is 6.07 Å². The van der Waals surface area contributed by atoms with Crippen LogP contribution in [-0.4, -0.2) is 30.9 Å². The summed E-state index contributed by atoms with van der Waals surface area (Å²) in [6.45, 7) is 1.47. The van der Waals surface area contributed by atoms with Crippen LogP contribution in [0.3, 0.4) is 0 Å². The van der Waals surface area contributed by atoms with Crippen molar-refractivity contribution in [1.82, 2.24) is 4.98 Å². The maximum absolute atomic E-state index is 12.5. The molecule has 0 radical (unpaired) electrons. The number of thiazole rings is 1. The Morgan fingerprint density at radius 3 is 2.44 bits per heavy atom. The van der Waals surface area contributed by atoms with Gasteiger partial charge < -0.3 is 10.2 Å². The van der Waals surface area contributed by atoms with Crippen LogP contribution in [0.4, 0.5) is 16.5 Å². The molecule has 2 aromatic carbocycles. The van der Waals surface area contributed by atoms with Gasteiger partial charge in [0.2, 0.25) is 5.91 Å². The second-order valence-electron chi connectivity index (χ2n) is 6.20. The van der Waals surface area contributed by atoms with E-state index in [0.29, 0.717) is 10.7 Å². The summed E-state index contributed by atoms with van der Waals surface area (Å²) in [5.74, 6) is -0.305. The minimum Gasteiger partial charge on any atom is -0.378 e. The molecule has 2 amide bonds. The van der Waals surface area contributed by atoms with Crippen molar-refractivity contribution in [3.05, 3.63) is 59.5 Å². The molecule has 0 unspecified atom stereocenters. The van der Waals surface area contributed by atoms with E-state index in [-0.39, 0.29) is 11.8 Å². The minimum absolute atomic E-state index is 0.111. The van der Waals surface area contributed by atoms with Crippen LogP contribution >= 0.6 is 11.3 Å². The molecule has 7 heteroatoms. The van der Waals surface area contributed by atoms with Gasteiger partial charge in [0, 0.05) is 48.9 Å². The zero-order valence-electron chi connectivity index (χ0n) is 15.3. The fourth-order valence-corrected chi connectivity index (χ4v) is 3.20. The van der Waals surface area contributed by atoms with Gasteiger partial charge in [-0.2, -0.15) is 0 Å². The van der Waals surface area contributed by atoms with Crippen molar-refractivity contribution in [1.29, 1.82) is 0 Å². The van der Waals surface area contributed by atoms with Crippen LogP contribution in [0.25, 0.3) is 11.3 Å². The molecule has 0 spiro atoms. The molecule has 0 saturated heterocycles. The van der Waals surface area contributed by atoms with Crippen LogP contribution in [0.15, 0.2) is 53.9 Å². The Morgan fingerprint density at radius 2 is 1.78 bits per heavy atom. The Balaban J connectivity index is 1.71. The van der Waals surface area contributed by atoms with Crippen LogP contribution in [0.2, 0.25) is 0 Å². The molecule has 6 nitrogen and oxygen atoms in total. The molecule has 0 aliphatic heterocycles. The topological polar surface area (TPSA) is 74.3 Å². The molecule has 27 heavy (non-hydrogen) atoms. The molecule has 0 saturated carbocycles. The number of nitrogens with one attached hydrogen (secondary N) is 2. The molecule has 0 fully saturated rings. The van der Waals surface area contributed by atoms with E-state index in [4.69, 9.17) is 0 Å². The van der Waals surface area contributed by atoms with E-state index in [2.05, 4.69) is 15.6 Å². The van der Waals surface area contributed by atoms with Gasteiger partial charge in [-0.25, -0.2) is 4.98 Å². The van der Waals surface area contributed by atoms with E-state index in [1.165, 1.54) is 18.3 Å². The Labute approximate surface area is 161 Å². The second-order valence-corrected chi connectivity index (χ2v) is 7.05. The predicted molar refractivity (Wildman–Crippen MR) is 111 cm³/mol. The van der Waals surface area contributed by atoms with Gasteiger partial charge in [-0.15, -0.1) is 11.3 Å². The summed E-state index contributed by atoms with van der Waals surface area (Å²) in [5.41, 5.74) is 3.96. The zero-order valence-corrected chi connectivity index (χ0v) is 16.1. The van der Waals surface area contributed by atoms with Crippen molar-refractivity contribution in [3.63, 3.8) is 0 Å². The molecule has 0 aliphatic rings. The van der Waals surface area contributed by atoms with Gasteiger partial charge >= 0.3 is 0 Å². The van der Waals surface area contributed by atoms with E-state index >= 15 is 0 Å². The third-order valence-electron chi connectivity index (χ3n) is 3.85. The van der Waals surface area contributed by atoms with Crippen molar-refractivity contribution in [2.75, 3.05) is 29.6 Å². The van der Waals surface area contributed by atoms with Crippen molar-refractivity contribution >= 4 is 39.7 Å². The maximum atomic E-state index is 12.5. The van der Waals surface area contributed by atoms with Gasteiger partial charge in [0.15, 0.2) is 5.13 Å². The highest BCUT2D eigenvalue weighted by molar-refractivity contribution is 7.14.